The molecule has 0 spiro atoms. The molecule has 21 heavy (non-hydrogen) atoms. The monoisotopic (exact) mass is 413 g/mol. The Bertz CT molecular complexity index is 709. The van der Waals surface area contributed by atoms with Gasteiger partial charge in [-0.25, -0.2) is 9.97 Å². The zero-order chi connectivity index (χ0) is 14.8. The maximum absolute atomic E-state index is 12.4. The lowest BCUT2D eigenvalue weighted by Crippen LogP contribution is -2.20. The van der Waals surface area contributed by atoms with Gasteiger partial charge in [0.2, 0.25) is 0 Å². The first-order valence-corrected chi connectivity index (χ1v) is 7.62. The predicted octanol–water partition coefficient (Wildman–Crippen LogP) is 3.03. The van der Waals surface area contributed by atoms with Gasteiger partial charge in [-0.3, -0.25) is 4.79 Å². The van der Waals surface area contributed by atoms with Crippen LogP contribution in [-0.4, -0.2) is 29.1 Å². The number of hydrogen-bond donors (Lipinski definition) is 1. The van der Waals surface area contributed by atoms with E-state index in [0.29, 0.717) is 45.3 Å². The van der Waals surface area contributed by atoms with Crippen LogP contribution in [0.4, 0.5) is 5.82 Å². The Hall–Kier alpha value is -1.67. The van der Waals surface area contributed by atoms with E-state index in [4.69, 9.17) is 9.47 Å². The minimum atomic E-state index is -0.338. The summed E-state index contributed by atoms with van der Waals surface area (Å²) >= 11 is 6.45. The molecule has 6 nitrogen and oxygen atoms in total. The van der Waals surface area contributed by atoms with Crippen LogP contribution in [0.15, 0.2) is 33.6 Å². The van der Waals surface area contributed by atoms with Crippen LogP contribution in [0.3, 0.4) is 0 Å². The number of nitrogens with zero attached hydrogens (tertiary/aromatic N) is 2. The highest BCUT2D eigenvalue weighted by Crippen LogP contribution is 2.34. The Balaban J connectivity index is 1.89. The van der Waals surface area contributed by atoms with Crippen molar-refractivity contribution < 1.29 is 14.3 Å². The van der Waals surface area contributed by atoms with Crippen molar-refractivity contribution in [1.29, 1.82) is 0 Å². The van der Waals surface area contributed by atoms with Gasteiger partial charge < -0.3 is 14.8 Å². The summed E-state index contributed by atoms with van der Waals surface area (Å²) in [5.41, 5.74) is 0.392. The fourth-order valence-corrected chi connectivity index (χ4v) is 2.77. The van der Waals surface area contributed by atoms with E-state index in [1.165, 1.54) is 6.20 Å². The van der Waals surface area contributed by atoms with E-state index >= 15 is 0 Å². The van der Waals surface area contributed by atoms with Gasteiger partial charge in [-0.1, -0.05) is 6.07 Å². The molecule has 0 bridgehead atoms. The van der Waals surface area contributed by atoms with Crippen molar-refractivity contribution in [2.24, 2.45) is 0 Å². The van der Waals surface area contributed by atoms with Crippen LogP contribution < -0.4 is 14.8 Å². The highest BCUT2D eigenvalue weighted by Gasteiger charge is 2.21. The minimum absolute atomic E-state index is 0.331. The summed E-state index contributed by atoms with van der Waals surface area (Å²) in [6.45, 7) is 0.890. The van der Waals surface area contributed by atoms with E-state index in [2.05, 4.69) is 47.1 Å². The van der Waals surface area contributed by atoms with Crippen molar-refractivity contribution in [3.05, 3.63) is 39.2 Å². The highest BCUT2D eigenvalue weighted by atomic mass is 79.9. The molecule has 0 saturated heterocycles. The molecule has 0 radical (unpaired) electrons. The lowest BCUT2D eigenvalue weighted by molar-refractivity contribution is 0.101. The minimum Gasteiger partial charge on any atom is -0.486 e. The van der Waals surface area contributed by atoms with Gasteiger partial charge in [-0.2, -0.15) is 0 Å². The molecule has 0 saturated carbocycles. The summed E-state index contributed by atoms with van der Waals surface area (Å²) in [7, 11) is 0. The first-order valence-electron chi connectivity index (χ1n) is 6.03. The van der Waals surface area contributed by atoms with Crippen molar-refractivity contribution in [2.45, 2.75) is 0 Å². The van der Waals surface area contributed by atoms with Gasteiger partial charge in [0, 0.05) is 0 Å². The normalized spacial score (nSPS) is 12.9. The summed E-state index contributed by atoms with van der Waals surface area (Å²) in [4.78, 5) is 20.6. The molecule has 1 amide bonds. The number of fused-ring (bicyclic) bond motifs is 1. The van der Waals surface area contributed by atoms with E-state index in [9.17, 15) is 4.79 Å². The van der Waals surface area contributed by atoms with E-state index in [1.54, 1.807) is 18.2 Å². The number of carbonyl (C=O) groups is 1. The van der Waals surface area contributed by atoms with E-state index in [0.717, 1.165) is 0 Å². The number of halogens is 2. The van der Waals surface area contributed by atoms with Crippen molar-refractivity contribution >= 4 is 43.6 Å². The van der Waals surface area contributed by atoms with Gasteiger partial charge in [0.15, 0.2) is 17.3 Å². The van der Waals surface area contributed by atoms with Crippen molar-refractivity contribution in [2.75, 3.05) is 18.5 Å². The number of benzene rings is 1. The number of hydrogen-bond acceptors (Lipinski definition) is 5. The molecule has 2 aromatic rings. The Labute approximate surface area is 137 Å². The van der Waals surface area contributed by atoms with Gasteiger partial charge in [0.05, 0.1) is 11.8 Å². The average molecular weight is 415 g/mol. The summed E-state index contributed by atoms with van der Waals surface area (Å²) < 4.78 is 12.0. The number of nitrogens with one attached hydrogen (secondary N) is 1. The van der Waals surface area contributed by atoms with Crippen LogP contribution >= 0.6 is 31.9 Å². The number of anilines is 1. The second kappa shape index (κ2) is 5.98. The van der Waals surface area contributed by atoms with Gasteiger partial charge in [0.25, 0.3) is 5.91 Å². The molecule has 1 aromatic carbocycles. The SMILES string of the molecule is O=C(Nc1ncc(Br)nc1Br)c1cccc2c1OCCO2. The molecule has 1 aliphatic heterocycles. The number of ether oxygens (including phenoxy) is 2. The molecule has 1 N–H and O–H groups in total. The summed E-state index contributed by atoms with van der Waals surface area (Å²) in [5.74, 6) is 1.00. The molecular weight excluding hydrogens is 406 g/mol. The Morgan fingerprint density at radius 2 is 2.05 bits per heavy atom. The van der Waals surface area contributed by atoms with Crippen LogP contribution in [0.25, 0.3) is 0 Å². The van der Waals surface area contributed by atoms with Gasteiger partial charge in [0.1, 0.15) is 22.4 Å². The first-order chi connectivity index (χ1) is 10.1. The van der Waals surface area contributed by atoms with Crippen LogP contribution in [0.5, 0.6) is 11.5 Å². The number of rotatable bonds is 2. The smallest absolute Gasteiger partial charge is 0.260 e. The fourth-order valence-electron chi connectivity index (χ4n) is 1.86. The van der Waals surface area contributed by atoms with Crippen LogP contribution in [0.1, 0.15) is 10.4 Å². The van der Waals surface area contributed by atoms with Crippen LogP contribution in [-0.2, 0) is 0 Å². The summed E-state index contributed by atoms with van der Waals surface area (Å²) in [6, 6.07) is 5.17. The van der Waals surface area contributed by atoms with Gasteiger partial charge in [-0.15, -0.1) is 0 Å². The molecule has 0 fully saturated rings. The zero-order valence-corrected chi connectivity index (χ0v) is 13.8. The highest BCUT2D eigenvalue weighted by molar-refractivity contribution is 9.11. The van der Waals surface area contributed by atoms with E-state index < -0.39 is 0 Å². The molecule has 2 heterocycles. The van der Waals surface area contributed by atoms with Crippen LogP contribution in [0.2, 0.25) is 0 Å². The number of aromatic nitrogens is 2. The molecule has 0 unspecified atom stereocenters. The molecule has 8 heteroatoms. The van der Waals surface area contributed by atoms with Crippen molar-refractivity contribution in [3.63, 3.8) is 0 Å². The molecule has 1 aliphatic rings. The third-order valence-corrected chi connectivity index (χ3v) is 3.68. The Kier molecular flexibility index (Phi) is 4.07. The Morgan fingerprint density at radius 3 is 2.86 bits per heavy atom. The van der Waals surface area contributed by atoms with E-state index in [1.807, 2.05) is 0 Å². The van der Waals surface area contributed by atoms with Crippen LogP contribution in [0, 0.1) is 0 Å². The van der Waals surface area contributed by atoms with Gasteiger partial charge in [-0.05, 0) is 44.0 Å². The van der Waals surface area contributed by atoms with Gasteiger partial charge >= 0.3 is 0 Å². The van der Waals surface area contributed by atoms with Crippen molar-refractivity contribution in [3.8, 4) is 11.5 Å². The third kappa shape index (κ3) is 3.01. The number of para-hydroxylation sites is 1. The molecule has 0 atom stereocenters. The molecule has 0 aliphatic carbocycles. The molecule has 1 aromatic heterocycles. The maximum atomic E-state index is 12.4. The largest absolute Gasteiger partial charge is 0.486 e. The number of carbonyl (C=O) groups excluding carboxylic acids is 1. The second-order valence-electron chi connectivity index (χ2n) is 4.12. The fraction of sp³-hybridized carbons (Fsp3) is 0.154. The first kappa shape index (κ1) is 14.3. The zero-order valence-electron chi connectivity index (χ0n) is 10.6. The predicted molar refractivity (Wildman–Crippen MR) is 82.8 cm³/mol. The third-order valence-electron chi connectivity index (χ3n) is 2.74. The standard InChI is InChI=1S/C13H9Br2N3O3/c14-9-6-16-12(11(15)17-9)18-13(19)7-2-1-3-8-10(7)21-5-4-20-8/h1-3,6H,4-5H2,(H,16,18,19). The summed E-state index contributed by atoms with van der Waals surface area (Å²) in [5, 5.41) is 2.69. The van der Waals surface area contributed by atoms with E-state index in [-0.39, 0.29) is 5.91 Å². The lowest BCUT2D eigenvalue weighted by Gasteiger charge is -2.20. The molecular formula is C13H9Br2N3O3. The average Bonchev–Trinajstić information content (AvgIpc) is 2.49. The topological polar surface area (TPSA) is 73.3 Å². The lowest BCUT2D eigenvalue weighted by atomic mass is 10.1. The molecule has 108 valence electrons. The molecule has 3 rings (SSSR count). The second-order valence-corrected chi connectivity index (χ2v) is 5.68. The quantitative estimate of drug-likeness (QED) is 0.817. The van der Waals surface area contributed by atoms with Crippen molar-refractivity contribution in [1.82, 2.24) is 9.97 Å². The summed E-state index contributed by atoms with van der Waals surface area (Å²) in [6.07, 6.45) is 1.50. The maximum Gasteiger partial charge on any atom is 0.260 e. The number of amides is 1. The Morgan fingerprint density at radius 1 is 1.24 bits per heavy atom.